The highest BCUT2D eigenvalue weighted by molar-refractivity contribution is 5.91. The van der Waals surface area contributed by atoms with Crippen molar-refractivity contribution >= 4 is 17.6 Å². The van der Waals surface area contributed by atoms with E-state index in [-0.39, 0.29) is 17.7 Å². The van der Waals surface area contributed by atoms with Gasteiger partial charge in [-0.25, -0.2) is 0 Å². The van der Waals surface area contributed by atoms with Crippen LogP contribution in [-0.2, 0) is 9.59 Å². The van der Waals surface area contributed by atoms with Gasteiger partial charge in [-0.05, 0) is 32.9 Å². The molecule has 0 bridgehead atoms. The minimum atomic E-state index is -0.110. The van der Waals surface area contributed by atoms with Crippen LogP contribution in [0, 0.1) is 12.8 Å². The molecule has 7 heteroatoms. The molecule has 7 nitrogen and oxygen atoms in total. The van der Waals surface area contributed by atoms with Crippen LogP contribution in [-0.4, -0.2) is 60.5 Å². The van der Waals surface area contributed by atoms with Crippen LogP contribution >= 0.6 is 0 Å². The number of nitrogens with zero attached hydrogens (tertiary/aromatic N) is 3. The first kappa shape index (κ1) is 15.5. The van der Waals surface area contributed by atoms with Gasteiger partial charge >= 0.3 is 0 Å². The molecule has 0 radical (unpaired) electrons. The molecule has 1 N–H and O–H groups in total. The first-order valence-electron chi connectivity index (χ1n) is 7.12. The fraction of sp³-hybridized carbons (Fsp3) is 0.643. The summed E-state index contributed by atoms with van der Waals surface area (Å²) in [6.07, 6.45) is 1.60. The standard InChI is InChI=1S/C14H22N4O3/c1-10-8-12(16-21-10)15-13(19)9-18-6-4-11(5-7-18)14(20)17(2)3/h8,11H,4-7,9H2,1-3H3,(H,15,16,19). The molecular weight excluding hydrogens is 272 g/mol. The Labute approximate surface area is 124 Å². The van der Waals surface area contributed by atoms with Gasteiger partial charge in [-0.1, -0.05) is 5.16 Å². The zero-order valence-electron chi connectivity index (χ0n) is 12.8. The monoisotopic (exact) mass is 294 g/mol. The molecule has 116 valence electrons. The Balaban J connectivity index is 1.75. The molecule has 0 spiro atoms. The van der Waals surface area contributed by atoms with E-state index < -0.39 is 0 Å². The highest BCUT2D eigenvalue weighted by atomic mass is 16.5. The molecule has 2 rings (SSSR count). The second kappa shape index (κ2) is 6.71. The molecule has 0 unspecified atom stereocenters. The molecule has 2 amide bonds. The Bertz CT molecular complexity index is 504. The Kier molecular flexibility index (Phi) is 4.95. The average Bonchev–Trinajstić information content (AvgIpc) is 2.83. The van der Waals surface area contributed by atoms with Crippen molar-refractivity contribution in [2.24, 2.45) is 5.92 Å². The maximum absolute atomic E-state index is 11.9. The number of nitrogens with one attached hydrogen (secondary N) is 1. The number of amides is 2. The maximum atomic E-state index is 11.9. The Hall–Kier alpha value is -1.89. The van der Waals surface area contributed by atoms with Crippen LogP contribution in [0.2, 0.25) is 0 Å². The van der Waals surface area contributed by atoms with Gasteiger partial charge in [0.2, 0.25) is 11.8 Å². The number of carbonyl (C=O) groups is 2. The lowest BCUT2D eigenvalue weighted by Gasteiger charge is -2.31. The first-order valence-corrected chi connectivity index (χ1v) is 7.12. The predicted octanol–water partition coefficient (Wildman–Crippen LogP) is 0.722. The van der Waals surface area contributed by atoms with E-state index in [0.717, 1.165) is 25.9 Å². The van der Waals surface area contributed by atoms with Gasteiger partial charge in [-0.2, -0.15) is 0 Å². The number of anilines is 1. The molecule has 1 aromatic heterocycles. The zero-order chi connectivity index (χ0) is 15.4. The summed E-state index contributed by atoms with van der Waals surface area (Å²) in [7, 11) is 3.56. The number of piperidine rings is 1. The van der Waals surface area contributed by atoms with Crippen molar-refractivity contribution in [3.63, 3.8) is 0 Å². The molecule has 21 heavy (non-hydrogen) atoms. The summed E-state index contributed by atoms with van der Waals surface area (Å²) >= 11 is 0. The quantitative estimate of drug-likeness (QED) is 0.885. The predicted molar refractivity (Wildman–Crippen MR) is 77.7 cm³/mol. The molecule has 1 aliphatic rings. The summed E-state index contributed by atoms with van der Waals surface area (Å²) in [5, 5.41) is 6.43. The van der Waals surface area contributed by atoms with E-state index in [0.29, 0.717) is 18.1 Å². The number of carbonyl (C=O) groups excluding carboxylic acids is 2. The SMILES string of the molecule is Cc1cc(NC(=O)CN2CCC(C(=O)N(C)C)CC2)no1. The molecule has 1 fully saturated rings. The molecule has 1 aromatic rings. The van der Waals surface area contributed by atoms with Crippen LogP contribution in [0.4, 0.5) is 5.82 Å². The van der Waals surface area contributed by atoms with Gasteiger partial charge in [0, 0.05) is 26.1 Å². The van der Waals surface area contributed by atoms with E-state index >= 15 is 0 Å². The average molecular weight is 294 g/mol. The third kappa shape index (κ3) is 4.29. The molecule has 0 aromatic carbocycles. The Morgan fingerprint density at radius 2 is 2.10 bits per heavy atom. The van der Waals surface area contributed by atoms with Gasteiger partial charge in [-0.15, -0.1) is 0 Å². The summed E-state index contributed by atoms with van der Waals surface area (Å²) < 4.78 is 4.90. The number of aromatic nitrogens is 1. The van der Waals surface area contributed by atoms with Gasteiger partial charge in [0.05, 0.1) is 6.54 Å². The molecular formula is C14H22N4O3. The lowest BCUT2D eigenvalue weighted by Crippen LogP contribution is -2.43. The van der Waals surface area contributed by atoms with E-state index in [1.807, 2.05) is 0 Å². The molecule has 1 aliphatic heterocycles. The minimum absolute atomic E-state index is 0.0810. The van der Waals surface area contributed by atoms with Crippen molar-refractivity contribution in [3.8, 4) is 0 Å². The van der Waals surface area contributed by atoms with E-state index in [1.165, 1.54) is 0 Å². The van der Waals surface area contributed by atoms with Crippen molar-refractivity contribution in [1.82, 2.24) is 15.0 Å². The summed E-state index contributed by atoms with van der Waals surface area (Å²) in [4.78, 5) is 27.5. The fourth-order valence-corrected chi connectivity index (χ4v) is 2.51. The number of aryl methyl sites for hydroxylation is 1. The van der Waals surface area contributed by atoms with Crippen LogP contribution in [0.5, 0.6) is 0 Å². The minimum Gasteiger partial charge on any atom is -0.360 e. The first-order chi connectivity index (χ1) is 9.95. The Morgan fingerprint density at radius 1 is 1.43 bits per heavy atom. The van der Waals surface area contributed by atoms with Crippen LogP contribution in [0.25, 0.3) is 0 Å². The lowest BCUT2D eigenvalue weighted by atomic mass is 9.95. The van der Waals surface area contributed by atoms with Crippen molar-refractivity contribution in [1.29, 1.82) is 0 Å². The van der Waals surface area contributed by atoms with Crippen molar-refractivity contribution in [2.45, 2.75) is 19.8 Å². The lowest BCUT2D eigenvalue weighted by molar-refractivity contribution is -0.134. The highest BCUT2D eigenvalue weighted by Gasteiger charge is 2.26. The van der Waals surface area contributed by atoms with Gasteiger partial charge in [0.25, 0.3) is 0 Å². The zero-order valence-corrected chi connectivity index (χ0v) is 12.8. The van der Waals surface area contributed by atoms with Crippen molar-refractivity contribution in [2.75, 3.05) is 39.0 Å². The third-order valence-electron chi connectivity index (χ3n) is 3.64. The Morgan fingerprint density at radius 3 is 2.62 bits per heavy atom. The second-order valence-electron chi connectivity index (χ2n) is 5.65. The molecule has 0 saturated carbocycles. The summed E-state index contributed by atoms with van der Waals surface area (Å²) in [6, 6.07) is 1.68. The topological polar surface area (TPSA) is 78.7 Å². The van der Waals surface area contributed by atoms with Crippen LogP contribution in [0.15, 0.2) is 10.6 Å². The van der Waals surface area contributed by atoms with E-state index in [9.17, 15) is 9.59 Å². The number of hydrogen-bond donors (Lipinski definition) is 1. The molecule has 1 saturated heterocycles. The third-order valence-corrected chi connectivity index (χ3v) is 3.64. The summed E-state index contributed by atoms with van der Waals surface area (Å²) in [5.41, 5.74) is 0. The van der Waals surface area contributed by atoms with Crippen molar-refractivity contribution in [3.05, 3.63) is 11.8 Å². The van der Waals surface area contributed by atoms with Crippen LogP contribution in [0.1, 0.15) is 18.6 Å². The summed E-state index contributed by atoms with van der Waals surface area (Å²) in [5.74, 6) is 1.25. The van der Waals surface area contributed by atoms with E-state index in [4.69, 9.17) is 4.52 Å². The molecule has 0 aliphatic carbocycles. The normalized spacial score (nSPS) is 16.7. The smallest absolute Gasteiger partial charge is 0.239 e. The van der Waals surface area contributed by atoms with Crippen LogP contribution < -0.4 is 5.32 Å². The van der Waals surface area contributed by atoms with Crippen molar-refractivity contribution < 1.29 is 14.1 Å². The molecule has 2 heterocycles. The van der Waals surface area contributed by atoms with E-state index in [2.05, 4.69) is 15.4 Å². The second-order valence-corrected chi connectivity index (χ2v) is 5.65. The number of hydrogen-bond acceptors (Lipinski definition) is 5. The van der Waals surface area contributed by atoms with Gasteiger partial charge in [0.1, 0.15) is 5.76 Å². The largest absolute Gasteiger partial charge is 0.360 e. The number of likely N-dealkylation sites (tertiary alicyclic amines) is 1. The van der Waals surface area contributed by atoms with Gasteiger partial charge in [-0.3, -0.25) is 14.5 Å². The maximum Gasteiger partial charge on any atom is 0.239 e. The highest BCUT2D eigenvalue weighted by Crippen LogP contribution is 2.18. The van der Waals surface area contributed by atoms with Gasteiger partial charge < -0.3 is 14.7 Å². The van der Waals surface area contributed by atoms with Crippen LogP contribution in [0.3, 0.4) is 0 Å². The van der Waals surface area contributed by atoms with Gasteiger partial charge in [0.15, 0.2) is 5.82 Å². The van der Waals surface area contributed by atoms with E-state index in [1.54, 1.807) is 32.0 Å². The fourth-order valence-electron chi connectivity index (χ4n) is 2.51. The molecule has 0 atom stereocenters. The number of rotatable bonds is 4. The summed E-state index contributed by atoms with van der Waals surface area (Å²) in [6.45, 7) is 3.61.